The number of carbonyl (C=O) groups is 4. The number of hydrogen-bond acceptors (Lipinski definition) is 5. The van der Waals surface area contributed by atoms with Gasteiger partial charge < -0.3 is 15.8 Å². The summed E-state index contributed by atoms with van der Waals surface area (Å²) in [6.07, 6.45) is 0.470. The van der Waals surface area contributed by atoms with Crippen molar-refractivity contribution in [1.82, 2.24) is 4.90 Å². The van der Waals surface area contributed by atoms with Crippen molar-refractivity contribution in [2.45, 2.75) is 19.3 Å². The molecule has 4 amide bonds. The van der Waals surface area contributed by atoms with Crippen LogP contribution in [0.5, 0.6) is 5.75 Å². The predicted molar refractivity (Wildman–Crippen MR) is 80.3 cm³/mol. The number of ether oxygens (including phenoxy) is 1. The van der Waals surface area contributed by atoms with E-state index in [9.17, 15) is 19.2 Å². The molecule has 2 rings (SSSR count). The van der Waals surface area contributed by atoms with Crippen molar-refractivity contribution >= 4 is 29.3 Å². The van der Waals surface area contributed by atoms with Crippen LogP contribution in [0.4, 0.5) is 5.69 Å². The number of amides is 4. The first-order valence-electron chi connectivity index (χ1n) is 7.10. The highest BCUT2D eigenvalue weighted by Gasteiger charge is 2.28. The van der Waals surface area contributed by atoms with Crippen molar-refractivity contribution in [3.05, 3.63) is 24.3 Å². The molecular formula is C15H17N3O5. The van der Waals surface area contributed by atoms with Gasteiger partial charge in [-0.3, -0.25) is 24.1 Å². The number of benzene rings is 1. The van der Waals surface area contributed by atoms with Crippen molar-refractivity contribution in [2.24, 2.45) is 5.73 Å². The van der Waals surface area contributed by atoms with E-state index in [2.05, 4.69) is 5.32 Å². The Labute approximate surface area is 132 Å². The van der Waals surface area contributed by atoms with Gasteiger partial charge in [0, 0.05) is 31.5 Å². The summed E-state index contributed by atoms with van der Waals surface area (Å²) < 4.78 is 5.10. The van der Waals surface area contributed by atoms with E-state index >= 15 is 0 Å². The summed E-state index contributed by atoms with van der Waals surface area (Å²) in [5.74, 6) is -0.899. The fourth-order valence-corrected chi connectivity index (χ4v) is 2.10. The highest BCUT2D eigenvalue weighted by Crippen LogP contribution is 2.16. The lowest BCUT2D eigenvalue weighted by Gasteiger charge is -2.13. The molecule has 1 aliphatic heterocycles. The Balaban J connectivity index is 1.79. The van der Waals surface area contributed by atoms with Crippen LogP contribution in [-0.4, -0.2) is 41.7 Å². The lowest BCUT2D eigenvalue weighted by molar-refractivity contribution is -0.138. The van der Waals surface area contributed by atoms with Crippen LogP contribution in [-0.2, 0) is 19.2 Å². The van der Waals surface area contributed by atoms with Gasteiger partial charge in [0.1, 0.15) is 5.75 Å². The molecule has 0 unspecified atom stereocenters. The van der Waals surface area contributed by atoms with Gasteiger partial charge in [-0.25, -0.2) is 0 Å². The van der Waals surface area contributed by atoms with Crippen molar-refractivity contribution in [3.63, 3.8) is 0 Å². The standard InChI is InChI=1S/C15H17N3O5/c16-12(19)9-23-11-3-1-10(2-4-11)17-13(20)7-8-18-14(21)5-6-15(18)22/h1-4H,5-9H2,(H2,16,19)(H,17,20). The van der Waals surface area contributed by atoms with Crippen LogP contribution >= 0.6 is 0 Å². The Kier molecular flexibility index (Phi) is 5.29. The van der Waals surface area contributed by atoms with Crippen molar-refractivity contribution in [2.75, 3.05) is 18.5 Å². The van der Waals surface area contributed by atoms with Crippen LogP contribution < -0.4 is 15.8 Å². The van der Waals surface area contributed by atoms with Crippen LogP contribution in [0, 0.1) is 0 Å². The zero-order chi connectivity index (χ0) is 16.8. The van der Waals surface area contributed by atoms with E-state index in [0.29, 0.717) is 11.4 Å². The molecule has 1 saturated heterocycles. The average molecular weight is 319 g/mol. The molecule has 0 bridgehead atoms. The van der Waals surface area contributed by atoms with E-state index in [1.165, 1.54) is 0 Å². The average Bonchev–Trinajstić information content (AvgIpc) is 2.83. The van der Waals surface area contributed by atoms with Crippen molar-refractivity contribution < 1.29 is 23.9 Å². The van der Waals surface area contributed by atoms with Crippen LogP contribution in [0.15, 0.2) is 24.3 Å². The van der Waals surface area contributed by atoms with E-state index in [4.69, 9.17) is 10.5 Å². The minimum Gasteiger partial charge on any atom is -0.484 e. The Morgan fingerprint density at radius 3 is 2.30 bits per heavy atom. The minimum atomic E-state index is -0.576. The highest BCUT2D eigenvalue weighted by atomic mass is 16.5. The van der Waals surface area contributed by atoms with Gasteiger partial charge in [-0.05, 0) is 24.3 Å². The maximum atomic E-state index is 11.8. The van der Waals surface area contributed by atoms with E-state index in [1.54, 1.807) is 24.3 Å². The molecule has 1 aromatic rings. The molecule has 23 heavy (non-hydrogen) atoms. The third-order valence-electron chi connectivity index (χ3n) is 3.24. The largest absolute Gasteiger partial charge is 0.484 e. The van der Waals surface area contributed by atoms with Gasteiger partial charge in [-0.2, -0.15) is 0 Å². The second kappa shape index (κ2) is 7.39. The number of hydrogen-bond donors (Lipinski definition) is 2. The van der Waals surface area contributed by atoms with E-state index in [-0.39, 0.29) is 50.1 Å². The Bertz CT molecular complexity index is 611. The number of nitrogens with two attached hydrogens (primary N) is 1. The zero-order valence-electron chi connectivity index (χ0n) is 12.4. The second-order valence-corrected chi connectivity index (χ2v) is 5.02. The van der Waals surface area contributed by atoms with Gasteiger partial charge in [0.25, 0.3) is 5.91 Å². The summed E-state index contributed by atoms with van der Waals surface area (Å²) >= 11 is 0. The first-order valence-corrected chi connectivity index (χ1v) is 7.10. The first kappa shape index (κ1) is 16.5. The third kappa shape index (κ3) is 4.80. The maximum Gasteiger partial charge on any atom is 0.255 e. The summed E-state index contributed by atoms with van der Waals surface area (Å²) in [6, 6.07) is 6.40. The van der Waals surface area contributed by atoms with E-state index in [0.717, 1.165) is 4.90 Å². The molecule has 0 saturated carbocycles. The molecule has 8 heteroatoms. The molecule has 0 spiro atoms. The molecule has 0 aliphatic carbocycles. The zero-order valence-corrected chi connectivity index (χ0v) is 12.4. The summed E-state index contributed by atoms with van der Waals surface area (Å²) in [4.78, 5) is 46.4. The number of likely N-dealkylation sites (tertiary alicyclic amines) is 1. The predicted octanol–water partition coefficient (Wildman–Crippen LogP) is 0.0283. The van der Waals surface area contributed by atoms with Gasteiger partial charge in [0.05, 0.1) is 0 Å². The normalized spacial score (nSPS) is 14.0. The Morgan fingerprint density at radius 2 is 1.74 bits per heavy atom. The number of rotatable bonds is 7. The summed E-state index contributed by atoms with van der Waals surface area (Å²) in [7, 11) is 0. The SMILES string of the molecule is NC(=O)COc1ccc(NC(=O)CCN2C(=O)CCC2=O)cc1. The molecule has 1 aromatic carbocycles. The van der Waals surface area contributed by atoms with Crippen LogP contribution in [0.2, 0.25) is 0 Å². The summed E-state index contributed by atoms with van der Waals surface area (Å²) in [5, 5.41) is 2.65. The number of nitrogens with zero attached hydrogens (tertiary/aromatic N) is 1. The highest BCUT2D eigenvalue weighted by molar-refractivity contribution is 6.02. The molecule has 122 valence electrons. The molecule has 1 heterocycles. The number of primary amides is 1. The van der Waals surface area contributed by atoms with Crippen molar-refractivity contribution in [3.8, 4) is 5.75 Å². The molecule has 0 atom stereocenters. The molecule has 0 aromatic heterocycles. The van der Waals surface area contributed by atoms with Gasteiger partial charge in [0.2, 0.25) is 17.7 Å². The molecule has 3 N–H and O–H groups in total. The van der Waals surface area contributed by atoms with Crippen LogP contribution in [0.1, 0.15) is 19.3 Å². The second-order valence-electron chi connectivity index (χ2n) is 5.02. The fraction of sp³-hybridized carbons (Fsp3) is 0.333. The minimum absolute atomic E-state index is 0.0391. The summed E-state index contributed by atoms with van der Waals surface area (Å²) in [5.41, 5.74) is 5.51. The molecular weight excluding hydrogens is 302 g/mol. The summed E-state index contributed by atoms with van der Waals surface area (Å²) in [6.45, 7) is -0.132. The smallest absolute Gasteiger partial charge is 0.255 e. The topological polar surface area (TPSA) is 119 Å². The van der Waals surface area contributed by atoms with Gasteiger partial charge in [0.15, 0.2) is 6.61 Å². The lowest BCUT2D eigenvalue weighted by atomic mass is 10.3. The first-order chi connectivity index (χ1) is 11.0. The molecule has 8 nitrogen and oxygen atoms in total. The fourth-order valence-electron chi connectivity index (χ4n) is 2.10. The molecule has 1 aliphatic rings. The maximum absolute atomic E-state index is 11.8. The van der Waals surface area contributed by atoms with Crippen LogP contribution in [0.25, 0.3) is 0 Å². The van der Waals surface area contributed by atoms with E-state index < -0.39 is 5.91 Å². The number of nitrogens with one attached hydrogen (secondary N) is 1. The van der Waals surface area contributed by atoms with Crippen LogP contribution in [0.3, 0.4) is 0 Å². The Hall–Kier alpha value is -2.90. The molecule has 1 fully saturated rings. The Morgan fingerprint density at radius 1 is 1.13 bits per heavy atom. The van der Waals surface area contributed by atoms with Gasteiger partial charge >= 0.3 is 0 Å². The third-order valence-corrected chi connectivity index (χ3v) is 3.24. The lowest BCUT2D eigenvalue weighted by Crippen LogP contribution is -2.32. The number of carbonyl (C=O) groups excluding carboxylic acids is 4. The van der Waals surface area contributed by atoms with E-state index in [1.807, 2.05) is 0 Å². The van der Waals surface area contributed by atoms with Gasteiger partial charge in [-0.15, -0.1) is 0 Å². The van der Waals surface area contributed by atoms with Gasteiger partial charge in [-0.1, -0.05) is 0 Å². The van der Waals surface area contributed by atoms with Crippen molar-refractivity contribution in [1.29, 1.82) is 0 Å². The molecule has 0 radical (unpaired) electrons. The quantitative estimate of drug-likeness (QED) is 0.687. The number of anilines is 1. The number of imide groups is 1. The monoisotopic (exact) mass is 319 g/mol.